The first-order valence-electron chi connectivity index (χ1n) is 5.34. The molecule has 0 unspecified atom stereocenters. The molecule has 0 atom stereocenters. The van der Waals surface area contributed by atoms with Gasteiger partial charge in [-0.1, -0.05) is 16.9 Å². The quantitative estimate of drug-likeness (QED) is 0.293. The van der Waals surface area contributed by atoms with Crippen LogP contribution in [-0.4, -0.2) is 47.3 Å². The molecule has 0 amide bonds. The average molecular weight is 270 g/mol. The van der Waals surface area contributed by atoms with Gasteiger partial charge in [-0.05, 0) is 38.4 Å². The maximum Gasteiger partial charge on any atom is 0.221 e. The van der Waals surface area contributed by atoms with Crippen LogP contribution in [0.5, 0.6) is 0 Å². The van der Waals surface area contributed by atoms with Crippen molar-refractivity contribution >= 4 is 22.6 Å². The Kier molecular flexibility index (Phi) is 5.80. The van der Waals surface area contributed by atoms with Crippen LogP contribution >= 0.6 is 11.8 Å². The zero-order valence-corrected chi connectivity index (χ0v) is 11.1. The largest absolute Gasteiger partial charge is 0.410 e. The van der Waals surface area contributed by atoms with E-state index in [1.807, 2.05) is 19.0 Å². The summed E-state index contributed by atoms with van der Waals surface area (Å²) in [7, 11) is 3.83. The molecule has 18 heavy (non-hydrogen) atoms. The van der Waals surface area contributed by atoms with Crippen molar-refractivity contribution in [1.29, 1.82) is 0 Å². The molecular formula is C12H15FN2O2S. The molecule has 0 aliphatic carbocycles. The van der Waals surface area contributed by atoms with E-state index in [9.17, 15) is 9.18 Å². The van der Waals surface area contributed by atoms with Gasteiger partial charge >= 0.3 is 0 Å². The van der Waals surface area contributed by atoms with Gasteiger partial charge in [0.1, 0.15) is 5.82 Å². The van der Waals surface area contributed by atoms with E-state index in [0.717, 1.165) is 6.54 Å². The SMILES string of the molecule is CN(C)CCS/C(=N\O)C(=O)c1ccc(F)cc1. The Morgan fingerprint density at radius 3 is 2.50 bits per heavy atom. The van der Waals surface area contributed by atoms with Crippen LogP contribution in [0.2, 0.25) is 0 Å². The molecule has 0 aromatic heterocycles. The lowest BCUT2D eigenvalue weighted by molar-refractivity contribution is 0.106. The van der Waals surface area contributed by atoms with Gasteiger partial charge in [0, 0.05) is 17.9 Å². The normalized spacial score (nSPS) is 11.9. The average Bonchev–Trinajstić information content (AvgIpc) is 2.34. The minimum Gasteiger partial charge on any atom is -0.410 e. The summed E-state index contributed by atoms with van der Waals surface area (Å²) in [6.07, 6.45) is 0. The summed E-state index contributed by atoms with van der Waals surface area (Å²) in [5.74, 6) is -0.171. The highest BCUT2D eigenvalue weighted by atomic mass is 32.2. The summed E-state index contributed by atoms with van der Waals surface area (Å²) in [6, 6.07) is 5.14. The van der Waals surface area contributed by atoms with E-state index in [4.69, 9.17) is 5.21 Å². The lowest BCUT2D eigenvalue weighted by Crippen LogP contribution is -2.18. The second-order valence-electron chi connectivity index (χ2n) is 3.89. The molecule has 1 aromatic carbocycles. The molecule has 6 heteroatoms. The molecular weight excluding hydrogens is 255 g/mol. The Hall–Kier alpha value is -1.40. The van der Waals surface area contributed by atoms with Crippen LogP contribution in [0.25, 0.3) is 0 Å². The third-order valence-corrected chi connectivity index (χ3v) is 3.10. The van der Waals surface area contributed by atoms with Gasteiger partial charge in [0.05, 0.1) is 0 Å². The van der Waals surface area contributed by atoms with Gasteiger partial charge in [-0.25, -0.2) is 4.39 Å². The third kappa shape index (κ3) is 4.46. The Bertz CT molecular complexity index is 432. The van der Waals surface area contributed by atoms with Crippen molar-refractivity contribution in [2.75, 3.05) is 26.4 Å². The summed E-state index contributed by atoms with van der Waals surface area (Å²) in [5.41, 5.74) is 0.307. The summed E-state index contributed by atoms with van der Waals surface area (Å²) < 4.78 is 12.7. The summed E-state index contributed by atoms with van der Waals surface area (Å²) in [4.78, 5) is 13.9. The zero-order valence-electron chi connectivity index (χ0n) is 10.3. The Morgan fingerprint density at radius 1 is 1.39 bits per heavy atom. The molecule has 0 saturated carbocycles. The van der Waals surface area contributed by atoms with Crippen LogP contribution < -0.4 is 0 Å². The van der Waals surface area contributed by atoms with Crippen molar-refractivity contribution in [3.05, 3.63) is 35.6 Å². The van der Waals surface area contributed by atoms with E-state index in [1.54, 1.807) is 0 Å². The second-order valence-corrected chi connectivity index (χ2v) is 4.98. The Morgan fingerprint density at radius 2 is 2.00 bits per heavy atom. The van der Waals surface area contributed by atoms with Gasteiger partial charge in [0.2, 0.25) is 5.78 Å². The topological polar surface area (TPSA) is 52.9 Å². The lowest BCUT2D eigenvalue weighted by Gasteiger charge is -2.08. The predicted octanol–water partition coefficient (Wildman–Crippen LogP) is 2.09. The van der Waals surface area contributed by atoms with E-state index >= 15 is 0 Å². The summed E-state index contributed by atoms with van der Waals surface area (Å²) >= 11 is 1.17. The first-order valence-corrected chi connectivity index (χ1v) is 6.33. The fourth-order valence-electron chi connectivity index (χ4n) is 1.19. The molecule has 0 heterocycles. The smallest absolute Gasteiger partial charge is 0.221 e. The van der Waals surface area contributed by atoms with E-state index in [-0.39, 0.29) is 5.04 Å². The predicted molar refractivity (Wildman–Crippen MR) is 71.0 cm³/mol. The van der Waals surface area contributed by atoms with E-state index < -0.39 is 11.6 Å². The maximum absolute atomic E-state index is 12.7. The number of benzene rings is 1. The number of ketones is 1. The fourth-order valence-corrected chi connectivity index (χ4v) is 2.15. The van der Waals surface area contributed by atoms with Crippen LogP contribution in [0.1, 0.15) is 10.4 Å². The van der Waals surface area contributed by atoms with Crippen molar-refractivity contribution in [2.24, 2.45) is 5.16 Å². The van der Waals surface area contributed by atoms with Gasteiger partial charge in [0.15, 0.2) is 5.04 Å². The number of carbonyl (C=O) groups is 1. The second kappa shape index (κ2) is 7.13. The third-order valence-electron chi connectivity index (χ3n) is 2.17. The van der Waals surface area contributed by atoms with Crippen molar-refractivity contribution < 1.29 is 14.4 Å². The van der Waals surface area contributed by atoms with Crippen LogP contribution in [-0.2, 0) is 0 Å². The van der Waals surface area contributed by atoms with Gasteiger partial charge in [-0.3, -0.25) is 4.79 Å². The van der Waals surface area contributed by atoms with Crippen LogP contribution in [0.15, 0.2) is 29.4 Å². The standard InChI is InChI=1S/C12H15FN2O2S/c1-15(2)7-8-18-12(14-17)11(16)9-3-5-10(13)6-4-9/h3-6,17H,7-8H2,1-2H3/b14-12-. The molecule has 0 saturated heterocycles. The highest BCUT2D eigenvalue weighted by molar-refractivity contribution is 8.15. The van der Waals surface area contributed by atoms with Gasteiger partial charge in [-0.15, -0.1) is 0 Å². The molecule has 98 valence electrons. The number of hydrogen-bond acceptors (Lipinski definition) is 5. The molecule has 0 bridgehead atoms. The molecule has 0 radical (unpaired) electrons. The molecule has 1 rings (SSSR count). The van der Waals surface area contributed by atoms with E-state index in [1.165, 1.54) is 36.0 Å². The Labute approximate surface area is 109 Å². The first kappa shape index (κ1) is 14.7. The molecule has 1 aromatic rings. The number of nitrogens with zero attached hydrogens (tertiary/aromatic N) is 2. The lowest BCUT2D eigenvalue weighted by atomic mass is 10.1. The first-order chi connectivity index (χ1) is 8.54. The van der Waals surface area contributed by atoms with Crippen LogP contribution in [0.4, 0.5) is 4.39 Å². The van der Waals surface area contributed by atoms with Crippen molar-refractivity contribution in [3.8, 4) is 0 Å². The molecule has 0 aliphatic heterocycles. The monoisotopic (exact) mass is 270 g/mol. The van der Waals surface area contributed by atoms with Crippen LogP contribution in [0.3, 0.4) is 0 Å². The molecule has 4 nitrogen and oxygen atoms in total. The summed E-state index contributed by atoms with van der Waals surface area (Å²) in [5, 5.41) is 11.9. The highest BCUT2D eigenvalue weighted by Crippen LogP contribution is 2.12. The van der Waals surface area contributed by atoms with Gasteiger partial charge < -0.3 is 10.1 Å². The number of Topliss-reactive ketones (excluding diaryl/α,β-unsaturated/α-hetero) is 1. The number of thioether (sulfide) groups is 1. The molecule has 0 fully saturated rings. The molecule has 0 aliphatic rings. The molecule has 1 N–H and O–H groups in total. The highest BCUT2D eigenvalue weighted by Gasteiger charge is 2.15. The van der Waals surface area contributed by atoms with Gasteiger partial charge in [0.25, 0.3) is 0 Å². The van der Waals surface area contributed by atoms with E-state index in [2.05, 4.69) is 5.16 Å². The molecule has 0 spiro atoms. The van der Waals surface area contributed by atoms with Crippen molar-refractivity contribution in [3.63, 3.8) is 0 Å². The van der Waals surface area contributed by atoms with E-state index in [0.29, 0.717) is 11.3 Å². The van der Waals surface area contributed by atoms with Crippen molar-refractivity contribution in [1.82, 2.24) is 4.90 Å². The van der Waals surface area contributed by atoms with Crippen LogP contribution in [0, 0.1) is 5.82 Å². The number of halogens is 1. The summed E-state index contributed by atoms with van der Waals surface area (Å²) in [6.45, 7) is 0.764. The minimum atomic E-state index is -0.408. The minimum absolute atomic E-state index is 0.0171. The van der Waals surface area contributed by atoms with Crippen molar-refractivity contribution in [2.45, 2.75) is 0 Å². The number of oxime groups is 1. The van der Waals surface area contributed by atoms with Gasteiger partial charge in [-0.2, -0.15) is 0 Å². The maximum atomic E-state index is 12.7. The number of carbonyl (C=O) groups excluding carboxylic acids is 1. The fraction of sp³-hybridized carbons (Fsp3) is 0.333. The Balaban J connectivity index is 2.65. The number of rotatable bonds is 5. The zero-order chi connectivity index (χ0) is 13.5. The number of hydrogen-bond donors (Lipinski definition) is 1.